The van der Waals surface area contributed by atoms with Gasteiger partial charge >= 0.3 is 0 Å². The quantitative estimate of drug-likeness (QED) is 0.734. The molecular formula is C18H19N3O3. The molecule has 24 heavy (non-hydrogen) atoms. The molecule has 1 fully saturated rings. The van der Waals surface area contributed by atoms with Crippen LogP contribution in [0.25, 0.3) is 22.8 Å². The van der Waals surface area contributed by atoms with Gasteiger partial charge in [0.1, 0.15) is 12.0 Å². The number of hydrogen-bond acceptors (Lipinski definition) is 6. The standard InChI is InChI=1S/C18H19N3O3/c1-13-4-2-3-5-16(13)17-19-18(24-20-17)14-10-15(23-12-14)11-21-6-8-22-9-7-21/h2-5,10,12H,6-9,11H2,1H3. The highest BCUT2D eigenvalue weighted by Crippen LogP contribution is 2.26. The summed E-state index contributed by atoms with van der Waals surface area (Å²) in [4.78, 5) is 6.80. The molecule has 0 amide bonds. The first-order valence-corrected chi connectivity index (χ1v) is 8.07. The minimum atomic E-state index is 0.477. The van der Waals surface area contributed by atoms with Crippen molar-refractivity contribution in [3.8, 4) is 22.8 Å². The third-order valence-electron chi connectivity index (χ3n) is 4.20. The average Bonchev–Trinajstić information content (AvgIpc) is 3.25. The Morgan fingerprint density at radius 1 is 1.17 bits per heavy atom. The molecule has 0 unspecified atom stereocenters. The van der Waals surface area contributed by atoms with Crippen LogP contribution in [0, 0.1) is 6.92 Å². The van der Waals surface area contributed by atoms with Crippen molar-refractivity contribution in [3.05, 3.63) is 47.9 Å². The lowest BCUT2D eigenvalue weighted by Gasteiger charge is -2.25. The SMILES string of the molecule is Cc1ccccc1-c1noc(-c2coc(CN3CCOCC3)c2)n1. The minimum absolute atomic E-state index is 0.477. The Balaban J connectivity index is 1.52. The second-order valence-electron chi connectivity index (χ2n) is 5.93. The number of benzene rings is 1. The van der Waals surface area contributed by atoms with E-state index in [9.17, 15) is 0 Å². The molecule has 1 aliphatic rings. The largest absolute Gasteiger partial charge is 0.467 e. The van der Waals surface area contributed by atoms with Crippen molar-refractivity contribution in [2.24, 2.45) is 0 Å². The molecule has 3 heterocycles. The summed E-state index contributed by atoms with van der Waals surface area (Å²) in [7, 11) is 0. The molecule has 1 aliphatic heterocycles. The predicted molar refractivity (Wildman–Crippen MR) is 88.3 cm³/mol. The summed E-state index contributed by atoms with van der Waals surface area (Å²) in [6.45, 7) is 6.20. The van der Waals surface area contributed by atoms with E-state index >= 15 is 0 Å². The Morgan fingerprint density at radius 2 is 2.00 bits per heavy atom. The van der Waals surface area contributed by atoms with Gasteiger partial charge in [0.05, 0.1) is 25.3 Å². The van der Waals surface area contributed by atoms with Gasteiger partial charge in [0.15, 0.2) is 0 Å². The van der Waals surface area contributed by atoms with Gasteiger partial charge in [-0.3, -0.25) is 4.90 Å². The second-order valence-corrected chi connectivity index (χ2v) is 5.93. The molecule has 0 aliphatic carbocycles. The monoisotopic (exact) mass is 325 g/mol. The summed E-state index contributed by atoms with van der Waals surface area (Å²) in [5.74, 6) is 1.96. The van der Waals surface area contributed by atoms with Crippen molar-refractivity contribution in [2.75, 3.05) is 26.3 Å². The number of aryl methyl sites for hydroxylation is 1. The zero-order chi connectivity index (χ0) is 16.4. The van der Waals surface area contributed by atoms with Crippen LogP contribution in [0.2, 0.25) is 0 Å². The van der Waals surface area contributed by atoms with Gasteiger partial charge in [-0.15, -0.1) is 0 Å². The fourth-order valence-corrected chi connectivity index (χ4v) is 2.83. The van der Waals surface area contributed by atoms with E-state index in [1.807, 2.05) is 37.3 Å². The first-order chi connectivity index (χ1) is 11.8. The van der Waals surface area contributed by atoms with Crippen LogP contribution < -0.4 is 0 Å². The van der Waals surface area contributed by atoms with Crippen LogP contribution in [-0.4, -0.2) is 41.3 Å². The maximum absolute atomic E-state index is 5.65. The second kappa shape index (κ2) is 6.59. The number of nitrogens with zero attached hydrogens (tertiary/aromatic N) is 3. The molecule has 6 heteroatoms. The van der Waals surface area contributed by atoms with Crippen molar-refractivity contribution in [2.45, 2.75) is 13.5 Å². The highest BCUT2D eigenvalue weighted by atomic mass is 16.5. The van der Waals surface area contributed by atoms with E-state index in [-0.39, 0.29) is 0 Å². The van der Waals surface area contributed by atoms with E-state index in [0.717, 1.165) is 55.3 Å². The maximum Gasteiger partial charge on any atom is 0.261 e. The van der Waals surface area contributed by atoms with Gasteiger partial charge in [-0.1, -0.05) is 29.4 Å². The molecule has 0 bridgehead atoms. The van der Waals surface area contributed by atoms with Crippen LogP contribution in [0.4, 0.5) is 0 Å². The smallest absolute Gasteiger partial charge is 0.261 e. The molecule has 0 radical (unpaired) electrons. The zero-order valence-electron chi connectivity index (χ0n) is 13.6. The summed E-state index contributed by atoms with van der Waals surface area (Å²) in [5.41, 5.74) is 2.90. The van der Waals surface area contributed by atoms with Crippen molar-refractivity contribution in [1.82, 2.24) is 15.0 Å². The van der Waals surface area contributed by atoms with E-state index < -0.39 is 0 Å². The van der Waals surface area contributed by atoms with E-state index in [4.69, 9.17) is 13.7 Å². The average molecular weight is 325 g/mol. The predicted octanol–water partition coefficient (Wildman–Crippen LogP) is 3.14. The van der Waals surface area contributed by atoms with Crippen molar-refractivity contribution in [3.63, 3.8) is 0 Å². The molecular weight excluding hydrogens is 306 g/mol. The van der Waals surface area contributed by atoms with E-state index in [2.05, 4.69) is 15.0 Å². The number of furan rings is 1. The van der Waals surface area contributed by atoms with E-state index in [1.165, 1.54) is 0 Å². The molecule has 3 aromatic rings. The van der Waals surface area contributed by atoms with Crippen LogP contribution in [-0.2, 0) is 11.3 Å². The Bertz CT molecular complexity index is 818. The fourth-order valence-electron chi connectivity index (χ4n) is 2.83. The lowest BCUT2D eigenvalue weighted by atomic mass is 10.1. The molecule has 1 aromatic carbocycles. The summed E-state index contributed by atoms with van der Waals surface area (Å²) in [5, 5.41) is 4.09. The van der Waals surface area contributed by atoms with E-state index in [1.54, 1.807) is 6.26 Å². The topological polar surface area (TPSA) is 64.5 Å². The molecule has 0 N–H and O–H groups in total. The number of hydrogen-bond donors (Lipinski definition) is 0. The van der Waals surface area contributed by atoms with Gasteiger partial charge in [-0.2, -0.15) is 4.98 Å². The van der Waals surface area contributed by atoms with Crippen LogP contribution >= 0.6 is 0 Å². The number of rotatable bonds is 4. The van der Waals surface area contributed by atoms with Crippen LogP contribution in [0.3, 0.4) is 0 Å². The molecule has 4 rings (SSSR count). The highest BCUT2D eigenvalue weighted by molar-refractivity contribution is 5.62. The van der Waals surface area contributed by atoms with E-state index in [0.29, 0.717) is 11.7 Å². The molecule has 0 atom stereocenters. The maximum atomic E-state index is 5.65. The van der Waals surface area contributed by atoms with Crippen molar-refractivity contribution in [1.29, 1.82) is 0 Å². The number of aromatic nitrogens is 2. The van der Waals surface area contributed by atoms with Crippen LogP contribution in [0.1, 0.15) is 11.3 Å². The first kappa shape index (κ1) is 15.1. The summed E-state index contributed by atoms with van der Waals surface area (Å²) >= 11 is 0. The summed E-state index contributed by atoms with van der Waals surface area (Å²) in [6.07, 6.45) is 1.67. The number of ether oxygens (including phenoxy) is 1. The Kier molecular flexibility index (Phi) is 4.15. The van der Waals surface area contributed by atoms with Gasteiger partial charge in [0, 0.05) is 18.7 Å². The molecule has 6 nitrogen and oxygen atoms in total. The summed E-state index contributed by atoms with van der Waals surface area (Å²) in [6, 6.07) is 9.95. The lowest BCUT2D eigenvalue weighted by molar-refractivity contribution is 0.0313. The molecule has 0 spiro atoms. The number of morpholine rings is 1. The summed E-state index contributed by atoms with van der Waals surface area (Å²) < 4.78 is 16.4. The van der Waals surface area contributed by atoms with Gasteiger partial charge in [-0.25, -0.2) is 0 Å². The Hall–Kier alpha value is -2.44. The van der Waals surface area contributed by atoms with Crippen LogP contribution in [0.5, 0.6) is 0 Å². The molecule has 1 saturated heterocycles. The molecule has 0 saturated carbocycles. The third-order valence-corrected chi connectivity index (χ3v) is 4.20. The minimum Gasteiger partial charge on any atom is -0.467 e. The third kappa shape index (κ3) is 3.11. The Labute approximate surface area is 140 Å². The van der Waals surface area contributed by atoms with Gasteiger partial charge < -0.3 is 13.7 Å². The van der Waals surface area contributed by atoms with Crippen LogP contribution in [0.15, 0.2) is 45.5 Å². The molecule has 124 valence electrons. The molecule has 2 aromatic heterocycles. The lowest BCUT2D eigenvalue weighted by Crippen LogP contribution is -2.35. The highest BCUT2D eigenvalue weighted by Gasteiger charge is 2.17. The van der Waals surface area contributed by atoms with Gasteiger partial charge in [0.25, 0.3) is 5.89 Å². The zero-order valence-corrected chi connectivity index (χ0v) is 13.6. The van der Waals surface area contributed by atoms with Gasteiger partial charge in [0.2, 0.25) is 5.82 Å². The Morgan fingerprint density at radius 3 is 2.83 bits per heavy atom. The van der Waals surface area contributed by atoms with Gasteiger partial charge in [-0.05, 0) is 18.6 Å². The fraction of sp³-hybridized carbons (Fsp3) is 0.333. The normalized spacial score (nSPS) is 15.7. The first-order valence-electron chi connectivity index (χ1n) is 8.07. The van der Waals surface area contributed by atoms with Crippen molar-refractivity contribution < 1.29 is 13.7 Å². The van der Waals surface area contributed by atoms with Crippen molar-refractivity contribution >= 4 is 0 Å².